The number of ether oxygens (including phenoxy) is 3. The van der Waals surface area contributed by atoms with E-state index in [2.05, 4.69) is 29.9 Å². The van der Waals surface area contributed by atoms with Gasteiger partial charge < -0.3 is 24.1 Å². The van der Waals surface area contributed by atoms with Gasteiger partial charge in [-0.2, -0.15) is 0 Å². The van der Waals surface area contributed by atoms with E-state index in [-0.39, 0.29) is 24.8 Å². The molecule has 2 aromatic heterocycles. The predicted octanol–water partition coefficient (Wildman–Crippen LogP) is 5.47. The van der Waals surface area contributed by atoms with Crippen LogP contribution in [0.1, 0.15) is 6.42 Å². The molecule has 1 aliphatic rings. The molecule has 1 amide bonds. The maximum atomic E-state index is 14.6. The van der Waals surface area contributed by atoms with E-state index < -0.39 is 26.0 Å². The fourth-order valence-electron chi connectivity index (χ4n) is 3.89. The first-order valence-corrected chi connectivity index (χ1v) is 15.3. The number of anilines is 1. The second kappa shape index (κ2) is 9.94. The van der Waals surface area contributed by atoms with Gasteiger partial charge in [-0.1, -0.05) is 19.6 Å². The van der Waals surface area contributed by atoms with E-state index in [4.69, 9.17) is 14.2 Å². The first kappa shape index (κ1) is 25.1. The van der Waals surface area contributed by atoms with Crippen molar-refractivity contribution in [1.82, 2.24) is 9.55 Å². The van der Waals surface area contributed by atoms with Gasteiger partial charge in [0.2, 0.25) is 5.91 Å². The normalized spacial score (nSPS) is 17.5. The summed E-state index contributed by atoms with van der Waals surface area (Å²) in [5, 5.41) is 3.40. The molecular weight excluding hydrogens is 472 g/mol. The number of pyridine rings is 1. The number of methoxy groups -OCH3 is 2. The maximum absolute atomic E-state index is 14.6. The van der Waals surface area contributed by atoms with Crippen molar-refractivity contribution < 1.29 is 27.8 Å². The third-order valence-corrected chi connectivity index (χ3v) is 7.72. The molecule has 3 aromatic rings. The molecule has 1 saturated carbocycles. The second-order valence-corrected chi connectivity index (χ2v) is 15.6. The maximum Gasteiger partial charge on any atom is 0.231 e. The van der Waals surface area contributed by atoms with Crippen LogP contribution in [0.15, 0.2) is 30.5 Å². The minimum atomic E-state index is -1.27. The first-order valence-electron chi connectivity index (χ1n) is 11.6. The van der Waals surface area contributed by atoms with Crippen molar-refractivity contribution in [3.05, 3.63) is 36.3 Å². The van der Waals surface area contributed by atoms with Crippen molar-refractivity contribution in [2.75, 3.05) is 26.1 Å². The van der Waals surface area contributed by atoms with Crippen molar-refractivity contribution in [1.29, 1.82) is 0 Å². The van der Waals surface area contributed by atoms with Crippen LogP contribution in [0, 0.1) is 11.7 Å². The van der Waals surface area contributed by atoms with Crippen LogP contribution in [0.4, 0.5) is 14.6 Å². The van der Waals surface area contributed by atoms with Crippen molar-refractivity contribution >= 4 is 30.8 Å². The summed E-state index contributed by atoms with van der Waals surface area (Å²) >= 11 is 0. The molecule has 0 saturated heterocycles. The number of amides is 1. The Morgan fingerprint density at radius 3 is 2.57 bits per heavy atom. The van der Waals surface area contributed by atoms with Crippen LogP contribution in [-0.4, -0.2) is 50.5 Å². The third kappa shape index (κ3) is 5.48. The largest absolute Gasteiger partial charge is 0.496 e. The molecule has 0 radical (unpaired) electrons. The summed E-state index contributed by atoms with van der Waals surface area (Å²) in [4.78, 5) is 16.9. The van der Waals surface area contributed by atoms with E-state index in [1.165, 1.54) is 20.3 Å². The Labute approximate surface area is 204 Å². The molecule has 0 unspecified atom stereocenters. The van der Waals surface area contributed by atoms with E-state index in [9.17, 15) is 13.6 Å². The number of carbonyl (C=O) groups is 1. The molecule has 1 aliphatic carbocycles. The van der Waals surface area contributed by atoms with Crippen LogP contribution >= 0.6 is 0 Å². The van der Waals surface area contributed by atoms with Gasteiger partial charge in [-0.3, -0.25) is 4.79 Å². The number of rotatable bonds is 10. The molecule has 0 bridgehead atoms. The molecular formula is C25H31F2N3O4Si. The molecule has 0 spiro atoms. The Hall–Kier alpha value is -2.98. The zero-order valence-corrected chi connectivity index (χ0v) is 21.7. The molecule has 10 heteroatoms. The molecule has 4 rings (SSSR count). The fourth-order valence-corrected chi connectivity index (χ4v) is 4.65. The number of halogens is 2. The minimum Gasteiger partial charge on any atom is -0.496 e. The minimum absolute atomic E-state index is 0.0585. The summed E-state index contributed by atoms with van der Waals surface area (Å²) in [6, 6.07) is 7.28. The van der Waals surface area contributed by atoms with Gasteiger partial charge in [-0.25, -0.2) is 13.8 Å². The monoisotopic (exact) mass is 503 g/mol. The topological polar surface area (TPSA) is 74.6 Å². The summed E-state index contributed by atoms with van der Waals surface area (Å²) in [7, 11) is 1.65. The highest BCUT2D eigenvalue weighted by atomic mass is 28.3. The molecule has 7 nitrogen and oxygen atoms in total. The zero-order valence-electron chi connectivity index (χ0n) is 20.7. The van der Waals surface area contributed by atoms with Crippen molar-refractivity contribution in [3.63, 3.8) is 0 Å². The summed E-state index contributed by atoms with van der Waals surface area (Å²) < 4.78 is 46.6. The number of nitrogens with zero attached hydrogens (tertiary/aromatic N) is 2. The number of nitrogens with one attached hydrogen (secondary N) is 1. The molecule has 0 aliphatic heterocycles. The third-order valence-electron chi connectivity index (χ3n) is 6.01. The van der Waals surface area contributed by atoms with E-state index in [0.717, 1.165) is 6.04 Å². The molecule has 2 heterocycles. The highest BCUT2D eigenvalue weighted by Crippen LogP contribution is 2.44. The number of hydrogen-bond donors (Lipinski definition) is 1. The predicted molar refractivity (Wildman–Crippen MR) is 134 cm³/mol. The SMILES string of the molecule is COc1ccc(F)c(OC)c1-c1cn(COCC[Si](C)(C)C)c2nc(NC(=O)[C@@H]3C[C@@H]3F)ccc12. The number of alkyl halides is 1. The standard InChI is InChI=1S/C25H31F2N3O4Si/c1-32-20-8-7-18(26)23(33-2)22(20)17-13-30(14-34-10-11-35(3,4)5)24-15(17)6-9-21(28-24)29-25(31)16-12-19(16)27/h6-9,13,16,19H,10-12,14H2,1-5H3,(H,28,29,31)/t16-,19+/m1/s1. The Balaban J connectivity index is 1.75. The van der Waals surface area contributed by atoms with Gasteiger partial charge in [0.15, 0.2) is 11.6 Å². The van der Waals surface area contributed by atoms with Crippen LogP contribution < -0.4 is 14.8 Å². The van der Waals surface area contributed by atoms with E-state index in [1.54, 1.807) is 18.2 Å². The Bertz CT molecular complexity index is 1240. The summed E-state index contributed by atoms with van der Waals surface area (Å²) in [5.41, 5.74) is 1.64. The van der Waals surface area contributed by atoms with Crippen molar-refractivity contribution in [2.24, 2.45) is 5.92 Å². The van der Waals surface area contributed by atoms with Gasteiger partial charge in [-0.15, -0.1) is 0 Å². The molecule has 188 valence electrons. The summed E-state index contributed by atoms with van der Waals surface area (Å²) in [6.45, 7) is 7.66. The fraction of sp³-hybridized carbons (Fsp3) is 0.440. The number of fused-ring (bicyclic) bond motifs is 1. The lowest BCUT2D eigenvalue weighted by molar-refractivity contribution is -0.117. The quantitative estimate of drug-likeness (QED) is 0.293. The lowest BCUT2D eigenvalue weighted by Gasteiger charge is -2.15. The first-order chi connectivity index (χ1) is 16.6. The lowest BCUT2D eigenvalue weighted by Crippen LogP contribution is -2.22. The Kier molecular flexibility index (Phi) is 7.14. The van der Waals surface area contributed by atoms with Crippen LogP contribution in [0.25, 0.3) is 22.2 Å². The average Bonchev–Trinajstić information content (AvgIpc) is 3.44. The van der Waals surface area contributed by atoms with E-state index >= 15 is 0 Å². The molecule has 35 heavy (non-hydrogen) atoms. The summed E-state index contributed by atoms with van der Waals surface area (Å²) in [6.07, 6.45) is 0.955. The second-order valence-electron chi connectivity index (χ2n) is 9.93. The van der Waals surface area contributed by atoms with E-state index in [0.29, 0.717) is 40.3 Å². The molecule has 1 fully saturated rings. The highest BCUT2D eigenvalue weighted by Gasteiger charge is 2.43. The van der Waals surface area contributed by atoms with Crippen molar-refractivity contribution in [3.8, 4) is 22.6 Å². The molecule has 2 atom stereocenters. The number of carbonyl (C=O) groups excluding carboxylic acids is 1. The summed E-state index contributed by atoms with van der Waals surface area (Å²) in [5.74, 6) is -0.710. The Morgan fingerprint density at radius 1 is 1.20 bits per heavy atom. The number of hydrogen-bond acceptors (Lipinski definition) is 5. The van der Waals surface area contributed by atoms with Crippen LogP contribution in [0.2, 0.25) is 25.7 Å². The number of benzene rings is 1. The average molecular weight is 504 g/mol. The highest BCUT2D eigenvalue weighted by molar-refractivity contribution is 6.76. The van der Waals surface area contributed by atoms with E-state index in [1.807, 2.05) is 10.8 Å². The van der Waals surface area contributed by atoms with Crippen LogP contribution in [0.3, 0.4) is 0 Å². The molecule has 1 aromatic carbocycles. The smallest absolute Gasteiger partial charge is 0.231 e. The van der Waals surface area contributed by atoms with Gasteiger partial charge in [0.1, 0.15) is 30.1 Å². The molecule has 1 N–H and O–H groups in total. The lowest BCUT2D eigenvalue weighted by atomic mass is 10.0. The van der Waals surface area contributed by atoms with Crippen molar-refractivity contribution in [2.45, 2.75) is 45.0 Å². The van der Waals surface area contributed by atoms with Gasteiger partial charge in [-0.05, 0) is 36.7 Å². The number of aromatic nitrogens is 2. The van der Waals surface area contributed by atoms with Crippen LogP contribution in [-0.2, 0) is 16.3 Å². The zero-order chi connectivity index (χ0) is 25.3. The van der Waals surface area contributed by atoms with Gasteiger partial charge >= 0.3 is 0 Å². The van der Waals surface area contributed by atoms with Gasteiger partial charge in [0.05, 0.1) is 25.7 Å². The Morgan fingerprint density at radius 2 is 1.94 bits per heavy atom. The van der Waals surface area contributed by atoms with Gasteiger partial charge in [0, 0.05) is 31.8 Å². The van der Waals surface area contributed by atoms with Crippen LogP contribution in [0.5, 0.6) is 11.5 Å². The van der Waals surface area contributed by atoms with Gasteiger partial charge in [0.25, 0.3) is 0 Å².